The van der Waals surface area contributed by atoms with Gasteiger partial charge in [0.2, 0.25) is 0 Å². The number of aromatic nitrogens is 1. The number of thioether (sulfide) groups is 1. The van der Waals surface area contributed by atoms with Crippen LogP contribution in [0.15, 0.2) is 41.6 Å². The van der Waals surface area contributed by atoms with Gasteiger partial charge in [0.15, 0.2) is 0 Å². The van der Waals surface area contributed by atoms with Crippen molar-refractivity contribution < 1.29 is 0 Å². The summed E-state index contributed by atoms with van der Waals surface area (Å²) in [5, 5.41) is 0.911. The fourth-order valence-electron chi connectivity index (χ4n) is 1.63. The van der Waals surface area contributed by atoms with E-state index in [1.807, 2.05) is 12.1 Å². The Morgan fingerprint density at radius 2 is 2.06 bits per heavy atom. The van der Waals surface area contributed by atoms with Crippen molar-refractivity contribution in [3.05, 3.63) is 53.2 Å². The van der Waals surface area contributed by atoms with Crippen LogP contribution in [0.1, 0.15) is 16.7 Å². The van der Waals surface area contributed by atoms with Crippen LogP contribution in [0.3, 0.4) is 0 Å². The number of rotatable bonds is 3. The number of nitrogens with two attached hydrogens (primary N) is 1. The highest BCUT2D eigenvalue weighted by molar-refractivity contribution is 7.98. The van der Waals surface area contributed by atoms with E-state index in [0.29, 0.717) is 0 Å². The Bertz CT molecular complexity index is 523. The van der Waals surface area contributed by atoms with Crippen LogP contribution in [-0.2, 0) is 5.75 Å². The number of nitrogens with zero attached hydrogens (tertiary/aromatic N) is 1. The molecular formula is C14H16N2S. The lowest BCUT2D eigenvalue weighted by Crippen LogP contribution is -1.93. The topological polar surface area (TPSA) is 38.9 Å². The predicted molar refractivity (Wildman–Crippen MR) is 74.1 cm³/mol. The van der Waals surface area contributed by atoms with Crippen LogP contribution in [0.2, 0.25) is 0 Å². The molecule has 0 unspecified atom stereocenters. The molecule has 0 amide bonds. The van der Waals surface area contributed by atoms with E-state index in [1.165, 1.54) is 16.7 Å². The maximum absolute atomic E-state index is 5.87. The van der Waals surface area contributed by atoms with Gasteiger partial charge in [0.05, 0.1) is 5.69 Å². The molecular weight excluding hydrogens is 228 g/mol. The minimum Gasteiger partial charge on any atom is -0.397 e. The Balaban J connectivity index is 2.12. The van der Waals surface area contributed by atoms with Gasteiger partial charge in [-0.3, -0.25) is 0 Å². The summed E-state index contributed by atoms with van der Waals surface area (Å²) < 4.78 is 0. The predicted octanol–water partition coefficient (Wildman–Crippen LogP) is 3.57. The molecule has 0 fully saturated rings. The summed E-state index contributed by atoms with van der Waals surface area (Å²) in [7, 11) is 0. The molecule has 17 heavy (non-hydrogen) atoms. The second-order valence-corrected chi connectivity index (χ2v) is 5.08. The largest absolute Gasteiger partial charge is 0.397 e. The number of anilines is 1. The van der Waals surface area contributed by atoms with Crippen LogP contribution >= 0.6 is 11.8 Å². The van der Waals surface area contributed by atoms with E-state index in [9.17, 15) is 0 Å². The van der Waals surface area contributed by atoms with Crippen LogP contribution in [0.5, 0.6) is 0 Å². The highest BCUT2D eigenvalue weighted by atomic mass is 32.2. The molecule has 1 aromatic carbocycles. The van der Waals surface area contributed by atoms with E-state index in [4.69, 9.17) is 5.73 Å². The normalized spacial score (nSPS) is 10.5. The van der Waals surface area contributed by atoms with Gasteiger partial charge in [0, 0.05) is 11.9 Å². The van der Waals surface area contributed by atoms with Gasteiger partial charge < -0.3 is 5.73 Å². The first kappa shape index (κ1) is 12.0. The first-order valence-electron chi connectivity index (χ1n) is 5.56. The minimum absolute atomic E-state index is 0.753. The molecule has 1 aromatic heterocycles. The lowest BCUT2D eigenvalue weighted by molar-refractivity contribution is 1.14. The van der Waals surface area contributed by atoms with Crippen LogP contribution < -0.4 is 5.73 Å². The van der Waals surface area contributed by atoms with Gasteiger partial charge in [-0.2, -0.15) is 0 Å². The smallest absolute Gasteiger partial charge is 0.119 e. The fourth-order valence-corrected chi connectivity index (χ4v) is 2.60. The molecule has 0 radical (unpaired) electrons. The highest BCUT2D eigenvalue weighted by Gasteiger charge is 2.03. The van der Waals surface area contributed by atoms with E-state index in [0.717, 1.165) is 16.5 Å². The molecule has 0 aliphatic rings. The average molecular weight is 244 g/mol. The van der Waals surface area contributed by atoms with Gasteiger partial charge in [-0.05, 0) is 37.1 Å². The molecule has 0 bridgehead atoms. The molecule has 0 aliphatic carbocycles. The van der Waals surface area contributed by atoms with Crippen molar-refractivity contribution >= 4 is 17.4 Å². The SMILES string of the molecule is Cc1ccc(C)c(CSc2ncccc2N)c1. The Morgan fingerprint density at radius 1 is 1.24 bits per heavy atom. The summed E-state index contributed by atoms with van der Waals surface area (Å²) in [6.45, 7) is 4.25. The number of hydrogen-bond donors (Lipinski definition) is 1. The summed E-state index contributed by atoms with van der Waals surface area (Å²) in [6, 6.07) is 10.3. The molecule has 0 aliphatic heterocycles. The van der Waals surface area contributed by atoms with Gasteiger partial charge >= 0.3 is 0 Å². The van der Waals surface area contributed by atoms with Crippen LogP contribution in [-0.4, -0.2) is 4.98 Å². The molecule has 0 atom stereocenters. The van der Waals surface area contributed by atoms with Crippen LogP contribution in [0, 0.1) is 13.8 Å². The van der Waals surface area contributed by atoms with E-state index >= 15 is 0 Å². The minimum atomic E-state index is 0.753. The van der Waals surface area contributed by atoms with Crippen molar-refractivity contribution in [3.63, 3.8) is 0 Å². The zero-order chi connectivity index (χ0) is 12.3. The average Bonchev–Trinajstić information content (AvgIpc) is 2.32. The number of hydrogen-bond acceptors (Lipinski definition) is 3. The van der Waals surface area contributed by atoms with E-state index in [-0.39, 0.29) is 0 Å². The van der Waals surface area contributed by atoms with Gasteiger partial charge in [-0.25, -0.2) is 4.98 Å². The van der Waals surface area contributed by atoms with Crippen LogP contribution in [0.4, 0.5) is 5.69 Å². The third kappa shape index (κ3) is 3.01. The molecule has 2 aromatic rings. The summed E-state index contributed by atoms with van der Waals surface area (Å²) >= 11 is 1.69. The summed E-state index contributed by atoms with van der Waals surface area (Å²) in [5.41, 5.74) is 10.6. The zero-order valence-electron chi connectivity index (χ0n) is 10.1. The second-order valence-electron chi connectivity index (χ2n) is 4.12. The van der Waals surface area contributed by atoms with Gasteiger partial charge in [-0.15, -0.1) is 0 Å². The van der Waals surface area contributed by atoms with Crippen molar-refractivity contribution in [1.29, 1.82) is 0 Å². The Kier molecular flexibility index (Phi) is 3.69. The number of nitrogen functional groups attached to an aromatic ring is 1. The molecule has 3 heteroatoms. The summed E-state index contributed by atoms with van der Waals surface area (Å²) in [5.74, 6) is 0.911. The van der Waals surface area contributed by atoms with Crippen molar-refractivity contribution in [2.45, 2.75) is 24.6 Å². The van der Waals surface area contributed by atoms with Crippen molar-refractivity contribution in [1.82, 2.24) is 4.98 Å². The molecule has 88 valence electrons. The Hall–Kier alpha value is -1.48. The Morgan fingerprint density at radius 3 is 2.82 bits per heavy atom. The lowest BCUT2D eigenvalue weighted by Gasteiger charge is -2.07. The second kappa shape index (κ2) is 5.23. The zero-order valence-corrected chi connectivity index (χ0v) is 10.9. The lowest BCUT2D eigenvalue weighted by atomic mass is 10.1. The van der Waals surface area contributed by atoms with Crippen molar-refractivity contribution in [2.24, 2.45) is 0 Å². The third-order valence-electron chi connectivity index (χ3n) is 2.67. The van der Waals surface area contributed by atoms with Crippen LogP contribution in [0.25, 0.3) is 0 Å². The molecule has 0 saturated carbocycles. The molecule has 2 rings (SSSR count). The number of aryl methyl sites for hydroxylation is 2. The number of pyridine rings is 1. The monoisotopic (exact) mass is 244 g/mol. The molecule has 1 heterocycles. The first-order chi connectivity index (χ1) is 8.16. The van der Waals surface area contributed by atoms with Gasteiger partial charge in [0.1, 0.15) is 5.03 Å². The van der Waals surface area contributed by atoms with Gasteiger partial charge in [0.25, 0.3) is 0 Å². The molecule has 0 spiro atoms. The maximum atomic E-state index is 5.87. The summed E-state index contributed by atoms with van der Waals surface area (Å²) in [4.78, 5) is 4.28. The highest BCUT2D eigenvalue weighted by Crippen LogP contribution is 2.27. The van der Waals surface area contributed by atoms with E-state index in [1.54, 1.807) is 18.0 Å². The molecule has 2 nitrogen and oxygen atoms in total. The van der Waals surface area contributed by atoms with Crippen molar-refractivity contribution in [2.75, 3.05) is 5.73 Å². The molecule has 2 N–H and O–H groups in total. The first-order valence-corrected chi connectivity index (χ1v) is 6.55. The Labute approximate surface area is 106 Å². The number of benzene rings is 1. The van der Waals surface area contributed by atoms with Crippen molar-refractivity contribution in [3.8, 4) is 0 Å². The van der Waals surface area contributed by atoms with E-state index in [2.05, 4.69) is 37.0 Å². The standard InChI is InChI=1S/C14H16N2S/c1-10-5-6-11(2)12(8-10)9-17-14-13(15)4-3-7-16-14/h3-8H,9,15H2,1-2H3. The fraction of sp³-hybridized carbons (Fsp3) is 0.214. The quantitative estimate of drug-likeness (QED) is 0.839. The maximum Gasteiger partial charge on any atom is 0.119 e. The van der Waals surface area contributed by atoms with E-state index < -0.39 is 0 Å². The van der Waals surface area contributed by atoms with Gasteiger partial charge in [-0.1, -0.05) is 35.5 Å². The summed E-state index contributed by atoms with van der Waals surface area (Å²) in [6.07, 6.45) is 1.78. The molecule has 0 saturated heterocycles. The third-order valence-corrected chi connectivity index (χ3v) is 3.74.